The number of nitrogens with zero attached hydrogens (tertiary/aromatic N) is 6. The summed E-state index contributed by atoms with van der Waals surface area (Å²) in [6.07, 6.45) is 4.92. The normalized spacial score (nSPS) is 11.1. The zero-order valence-corrected chi connectivity index (χ0v) is 15.2. The maximum atomic E-state index is 10.9. The lowest BCUT2D eigenvalue weighted by molar-refractivity contribution is -0.384. The van der Waals surface area contributed by atoms with Crippen molar-refractivity contribution < 1.29 is 4.92 Å². The highest BCUT2D eigenvalue weighted by molar-refractivity contribution is 7.71. The van der Waals surface area contributed by atoms with Gasteiger partial charge < -0.3 is 0 Å². The maximum Gasteiger partial charge on any atom is 0.269 e. The summed E-state index contributed by atoms with van der Waals surface area (Å²) in [5.74, 6) is 0. The molecule has 9 nitrogen and oxygen atoms in total. The van der Waals surface area contributed by atoms with Crippen LogP contribution in [0.5, 0.6) is 0 Å². The van der Waals surface area contributed by atoms with Crippen LogP contribution in [0.4, 0.5) is 5.69 Å². The standard InChI is InChI=1S/C18H13N7O2S/c26-25(27)16-8-6-13(7-9-16)17-14(10-20-24-12-19-21-18(24)28)11-23(22-17)15-4-2-1-3-5-15/h1-12H,(H,21,28)/b20-10-. The molecule has 4 aromatic rings. The highest BCUT2D eigenvalue weighted by atomic mass is 32.1. The number of nitro groups is 1. The number of benzene rings is 2. The summed E-state index contributed by atoms with van der Waals surface area (Å²) in [5, 5.41) is 26.3. The average molecular weight is 391 g/mol. The van der Waals surface area contributed by atoms with Crippen LogP contribution in [0.2, 0.25) is 0 Å². The number of nitrogens with one attached hydrogen (secondary N) is 1. The number of rotatable bonds is 5. The zero-order chi connectivity index (χ0) is 19.5. The topological polar surface area (TPSA) is 107 Å². The van der Waals surface area contributed by atoms with Crippen LogP contribution in [0.3, 0.4) is 0 Å². The SMILES string of the molecule is O=[N+]([O-])c1ccc(-c2nn(-c3ccccc3)cc2/C=N\n2cn[nH]c2=S)cc1. The summed E-state index contributed by atoms with van der Waals surface area (Å²) in [5.41, 5.74) is 2.99. The van der Waals surface area contributed by atoms with E-state index in [9.17, 15) is 10.1 Å². The van der Waals surface area contributed by atoms with Crippen molar-refractivity contribution in [1.29, 1.82) is 0 Å². The third kappa shape index (κ3) is 3.48. The van der Waals surface area contributed by atoms with Crippen molar-refractivity contribution in [2.24, 2.45) is 5.10 Å². The molecular weight excluding hydrogens is 378 g/mol. The van der Waals surface area contributed by atoms with Crippen molar-refractivity contribution in [3.8, 4) is 16.9 Å². The van der Waals surface area contributed by atoms with Crippen LogP contribution in [0.1, 0.15) is 5.56 Å². The fraction of sp³-hybridized carbons (Fsp3) is 0. The molecule has 4 rings (SSSR count). The monoisotopic (exact) mass is 391 g/mol. The first kappa shape index (κ1) is 17.5. The Kier molecular flexibility index (Phi) is 4.60. The Bertz CT molecular complexity index is 1210. The molecule has 0 aliphatic rings. The van der Waals surface area contributed by atoms with E-state index in [1.54, 1.807) is 23.0 Å². The van der Waals surface area contributed by atoms with Gasteiger partial charge in [0.1, 0.15) is 12.0 Å². The number of aromatic nitrogens is 5. The maximum absolute atomic E-state index is 10.9. The quantitative estimate of drug-likeness (QED) is 0.242. The van der Waals surface area contributed by atoms with E-state index >= 15 is 0 Å². The highest BCUT2D eigenvalue weighted by Gasteiger charge is 2.13. The molecule has 0 unspecified atom stereocenters. The average Bonchev–Trinajstić information content (AvgIpc) is 3.33. The van der Waals surface area contributed by atoms with E-state index in [1.807, 2.05) is 36.5 Å². The number of aromatic amines is 1. The minimum Gasteiger partial charge on any atom is -0.258 e. The second kappa shape index (κ2) is 7.37. The molecule has 0 radical (unpaired) electrons. The zero-order valence-electron chi connectivity index (χ0n) is 14.3. The molecule has 10 heteroatoms. The smallest absolute Gasteiger partial charge is 0.258 e. The van der Waals surface area contributed by atoms with Crippen molar-refractivity contribution in [2.75, 3.05) is 0 Å². The lowest BCUT2D eigenvalue weighted by atomic mass is 10.1. The Morgan fingerprint density at radius 2 is 1.89 bits per heavy atom. The Morgan fingerprint density at radius 1 is 1.14 bits per heavy atom. The van der Waals surface area contributed by atoms with Gasteiger partial charge in [0.2, 0.25) is 4.77 Å². The van der Waals surface area contributed by atoms with Crippen LogP contribution >= 0.6 is 12.2 Å². The predicted octanol–water partition coefficient (Wildman–Crippen LogP) is 3.58. The summed E-state index contributed by atoms with van der Waals surface area (Å²) in [7, 11) is 0. The van der Waals surface area contributed by atoms with Gasteiger partial charge in [0, 0.05) is 29.5 Å². The van der Waals surface area contributed by atoms with Gasteiger partial charge in [-0.1, -0.05) is 18.2 Å². The highest BCUT2D eigenvalue weighted by Crippen LogP contribution is 2.25. The van der Waals surface area contributed by atoms with Gasteiger partial charge in [0.25, 0.3) is 5.69 Å². The summed E-state index contributed by atoms with van der Waals surface area (Å²) in [6.45, 7) is 0. The number of H-pyrrole nitrogens is 1. The van der Waals surface area contributed by atoms with E-state index in [4.69, 9.17) is 12.2 Å². The van der Waals surface area contributed by atoms with Crippen LogP contribution in [0.15, 0.2) is 72.2 Å². The third-order valence-electron chi connectivity index (χ3n) is 3.97. The molecule has 1 N–H and O–H groups in total. The molecular formula is C18H13N7O2S. The molecule has 0 fully saturated rings. The fourth-order valence-corrected chi connectivity index (χ4v) is 2.76. The van der Waals surface area contributed by atoms with Gasteiger partial charge in [-0.05, 0) is 36.5 Å². The van der Waals surface area contributed by atoms with Gasteiger partial charge in [-0.25, -0.2) is 4.68 Å². The van der Waals surface area contributed by atoms with Crippen molar-refractivity contribution in [1.82, 2.24) is 24.7 Å². The summed E-state index contributed by atoms with van der Waals surface area (Å²) in [4.78, 5) is 10.5. The van der Waals surface area contributed by atoms with Crippen LogP contribution in [-0.2, 0) is 0 Å². The predicted molar refractivity (Wildman–Crippen MR) is 106 cm³/mol. The van der Waals surface area contributed by atoms with Crippen LogP contribution in [0.25, 0.3) is 16.9 Å². The molecule has 0 saturated carbocycles. The minimum atomic E-state index is -0.435. The number of hydrogen-bond acceptors (Lipinski definition) is 6. The molecule has 0 bridgehead atoms. The van der Waals surface area contributed by atoms with E-state index in [-0.39, 0.29) is 5.69 Å². The van der Waals surface area contributed by atoms with Crippen molar-refractivity contribution in [3.63, 3.8) is 0 Å². The Balaban J connectivity index is 1.79. The van der Waals surface area contributed by atoms with Crippen molar-refractivity contribution in [3.05, 3.63) is 87.6 Å². The molecule has 0 saturated heterocycles. The van der Waals surface area contributed by atoms with Crippen LogP contribution < -0.4 is 0 Å². The molecule has 2 heterocycles. The van der Waals surface area contributed by atoms with E-state index in [0.717, 1.165) is 16.8 Å². The largest absolute Gasteiger partial charge is 0.269 e. The Morgan fingerprint density at radius 3 is 2.54 bits per heavy atom. The molecule has 0 aliphatic heterocycles. The number of para-hydroxylation sites is 1. The first-order valence-corrected chi connectivity index (χ1v) is 8.59. The molecule has 0 amide bonds. The summed E-state index contributed by atoms with van der Waals surface area (Å²) >= 11 is 5.09. The van der Waals surface area contributed by atoms with Crippen LogP contribution in [-0.4, -0.2) is 35.8 Å². The fourth-order valence-electron chi connectivity index (χ4n) is 2.61. The van der Waals surface area contributed by atoms with Gasteiger partial charge in [-0.2, -0.15) is 20.0 Å². The molecule has 138 valence electrons. The van der Waals surface area contributed by atoms with Gasteiger partial charge in [-0.3, -0.25) is 15.2 Å². The lowest BCUT2D eigenvalue weighted by Gasteiger charge is -2.00. The van der Waals surface area contributed by atoms with Crippen molar-refractivity contribution >= 4 is 24.1 Å². The Labute approximate surface area is 163 Å². The van der Waals surface area contributed by atoms with E-state index in [2.05, 4.69) is 20.4 Å². The number of nitro benzene ring substituents is 1. The van der Waals surface area contributed by atoms with E-state index < -0.39 is 4.92 Å². The molecule has 0 spiro atoms. The van der Waals surface area contributed by atoms with E-state index in [0.29, 0.717) is 10.5 Å². The first-order valence-electron chi connectivity index (χ1n) is 8.18. The minimum absolute atomic E-state index is 0.0196. The summed E-state index contributed by atoms with van der Waals surface area (Å²) in [6, 6.07) is 15.8. The molecule has 0 atom stereocenters. The number of non-ortho nitro benzene ring substituents is 1. The summed E-state index contributed by atoms with van der Waals surface area (Å²) < 4.78 is 3.52. The van der Waals surface area contributed by atoms with Gasteiger partial charge >= 0.3 is 0 Å². The van der Waals surface area contributed by atoms with E-state index in [1.165, 1.54) is 23.1 Å². The van der Waals surface area contributed by atoms with Gasteiger partial charge in [-0.15, -0.1) is 0 Å². The van der Waals surface area contributed by atoms with Gasteiger partial charge in [0.15, 0.2) is 0 Å². The lowest BCUT2D eigenvalue weighted by Crippen LogP contribution is -1.94. The molecule has 0 aliphatic carbocycles. The van der Waals surface area contributed by atoms with Crippen molar-refractivity contribution in [2.45, 2.75) is 0 Å². The molecule has 2 aromatic heterocycles. The molecule has 2 aromatic carbocycles. The number of hydrogen-bond donors (Lipinski definition) is 1. The third-order valence-corrected chi connectivity index (χ3v) is 4.25. The van der Waals surface area contributed by atoms with Crippen LogP contribution in [0, 0.1) is 14.9 Å². The second-order valence-corrected chi connectivity index (χ2v) is 6.15. The molecule has 28 heavy (non-hydrogen) atoms. The first-order chi connectivity index (χ1) is 13.6. The Hall–Kier alpha value is -3.92. The van der Waals surface area contributed by atoms with Gasteiger partial charge in [0.05, 0.1) is 16.8 Å². The second-order valence-electron chi connectivity index (χ2n) is 5.77.